The molecule has 0 fully saturated rings. The van der Waals surface area contributed by atoms with Gasteiger partial charge in [-0.3, -0.25) is 23.3 Å². The third-order valence-corrected chi connectivity index (χ3v) is 8.08. The van der Waals surface area contributed by atoms with Crippen LogP contribution >= 0.6 is 22.8 Å². The van der Waals surface area contributed by atoms with Crippen LogP contribution in [0.2, 0.25) is 0 Å². The van der Waals surface area contributed by atoms with Crippen molar-refractivity contribution in [3.63, 3.8) is 0 Å². The Morgan fingerprint density at radius 3 is 1.15 bits per heavy atom. The molecule has 0 aromatic rings. The lowest BCUT2D eigenvalue weighted by Crippen LogP contribution is -2.52. The molecule has 0 aliphatic rings. The van der Waals surface area contributed by atoms with Crippen LogP contribution in [0.4, 0.5) is 0 Å². The maximum absolute atomic E-state index is 11.1. The van der Waals surface area contributed by atoms with Crippen molar-refractivity contribution in [1.82, 2.24) is 0 Å². The van der Waals surface area contributed by atoms with Gasteiger partial charge in [0.1, 0.15) is 0 Å². The van der Waals surface area contributed by atoms with Gasteiger partial charge in [-0.25, -0.2) is 0 Å². The Morgan fingerprint density at radius 2 is 1.10 bits per heavy atom. The Bertz CT molecular complexity index is 536. The second-order valence-electron chi connectivity index (χ2n) is 3.45. The van der Waals surface area contributed by atoms with E-state index in [0.29, 0.717) is 0 Å². The second kappa shape index (κ2) is 5.30. The van der Waals surface area contributed by atoms with Gasteiger partial charge in [0.25, 0.3) is 4.90 Å². The van der Waals surface area contributed by atoms with Crippen molar-refractivity contribution in [2.24, 2.45) is 0 Å². The molecule has 0 radical (unpaired) electrons. The van der Waals surface area contributed by atoms with Crippen LogP contribution in [0.5, 0.6) is 0 Å². The topological polar surface area (TPSA) is 247 Å². The molecule has 0 spiro atoms. The molecule has 0 amide bonds. The number of hydrogen-bond acceptors (Lipinski definition) is 5. The van der Waals surface area contributed by atoms with Gasteiger partial charge in [0.15, 0.2) is 5.66 Å². The van der Waals surface area contributed by atoms with E-state index in [9.17, 15) is 23.3 Å². The largest absolute Gasteiger partial charge is 0.480 e. The smallest absolute Gasteiger partial charge is 0.356 e. The van der Waals surface area contributed by atoms with Crippen molar-refractivity contribution in [2.75, 3.05) is 0 Å². The minimum absolute atomic E-state index is 2.80. The van der Waals surface area contributed by atoms with Crippen molar-refractivity contribution in [2.45, 2.75) is 10.6 Å². The fourth-order valence-corrected chi connectivity index (χ4v) is 6.79. The second-order valence-corrected chi connectivity index (χ2v) is 9.08. The Labute approximate surface area is 109 Å². The summed E-state index contributed by atoms with van der Waals surface area (Å²) < 4.78 is 33.3. The first-order chi connectivity index (χ1) is 8.51. The van der Waals surface area contributed by atoms with Crippen molar-refractivity contribution < 1.29 is 62.9 Å². The van der Waals surface area contributed by atoms with Gasteiger partial charge in [0.2, 0.25) is 0 Å². The maximum Gasteiger partial charge on any atom is 0.356 e. The van der Waals surface area contributed by atoms with E-state index >= 15 is 0 Å². The van der Waals surface area contributed by atoms with E-state index in [4.69, 9.17) is 39.6 Å². The van der Waals surface area contributed by atoms with Crippen LogP contribution in [0.3, 0.4) is 0 Å². The Morgan fingerprint density at radius 1 is 0.800 bits per heavy atom. The van der Waals surface area contributed by atoms with Crippen LogP contribution in [0.15, 0.2) is 0 Å². The van der Waals surface area contributed by atoms with Gasteiger partial charge in [0.05, 0.1) is 0 Å². The summed E-state index contributed by atoms with van der Waals surface area (Å²) in [6, 6.07) is 0. The molecular weight excluding hydrogens is 349 g/mol. The summed E-state index contributed by atoms with van der Waals surface area (Å²) >= 11 is 0. The highest BCUT2D eigenvalue weighted by molar-refractivity contribution is 7.76. The van der Waals surface area contributed by atoms with Gasteiger partial charge < -0.3 is 39.6 Å². The van der Waals surface area contributed by atoms with Crippen LogP contribution in [0.25, 0.3) is 0 Å². The predicted octanol–water partition coefficient (Wildman–Crippen LogP) is -2.25. The first-order valence-electron chi connectivity index (χ1n) is 4.14. The van der Waals surface area contributed by atoms with Crippen molar-refractivity contribution in [1.29, 1.82) is 0 Å². The number of rotatable bonds is 6. The molecule has 0 heterocycles. The molecule has 0 aliphatic heterocycles. The van der Waals surface area contributed by atoms with Crippen LogP contribution in [-0.4, -0.2) is 62.1 Å². The van der Waals surface area contributed by atoms with E-state index in [1.807, 2.05) is 0 Å². The Kier molecular flexibility index (Phi) is 5.14. The standard InChI is InChI=1S/C4H9O13P3/c5-2(6)1(18(9,10)11)4(3(7)8,19(12,13)14)20(15,16)17/h1H,(H,5,6)(H,7,8)(H2,9,10,11)(H2,12,13,14)(H2,15,16,17). The molecule has 0 aromatic heterocycles. The molecule has 0 aromatic carbocycles. The fraction of sp³-hybridized carbons (Fsp3) is 0.500. The molecule has 1 atom stereocenters. The molecule has 0 saturated carbocycles. The fourth-order valence-electron chi connectivity index (χ4n) is 1.40. The van der Waals surface area contributed by atoms with Gasteiger partial charge >= 0.3 is 34.7 Å². The monoisotopic (exact) mass is 358 g/mol. The molecule has 0 saturated heterocycles. The Balaban J connectivity index is 6.97. The third kappa shape index (κ3) is 3.01. The summed E-state index contributed by atoms with van der Waals surface area (Å²) in [4.78, 5) is 69.7. The summed E-state index contributed by atoms with van der Waals surface area (Å²) in [5.74, 6) is -5.86. The normalized spacial score (nSPS) is 15.7. The molecule has 16 heteroatoms. The average molecular weight is 358 g/mol. The first-order valence-corrected chi connectivity index (χ1v) is 9.04. The highest BCUT2D eigenvalue weighted by Gasteiger charge is 2.77. The lowest BCUT2D eigenvalue weighted by molar-refractivity contribution is -0.145. The number of carboxylic acids is 2. The van der Waals surface area contributed by atoms with Crippen molar-refractivity contribution in [3.05, 3.63) is 0 Å². The zero-order chi connectivity index (χ0) is 16.7. The van der Waals surface area contributed by atoms with Gasteiger partial charge in [-0.15, -0.1) is 0 Å². The summed E-state index contributed by atoms with van der Waals surface area (Å²) in [5.41, 5.74) is -3.85. The molecule has 20 heavy (non-hydrogen) atoms. The number of carbonyl (C=O) groups is 2. The molecular formula is C4H9O13P3. The molecule has 0 rings (SSSR count). The zero-order valence-corrected chi connectivity index (χ0v) is 11.7. The average Bonchev–Trinajstić information content (AvgIpc) is 2.05. The third-order valence-electron chi connectivity index (χ3n) is 2.15. The highest BCUT2D eigenvalue weighted by atomic mass is 31.2. The summed E-state index contributed by atoms with van der Waals surface area (Å²) in [5, 5.41) is 17.3. The van der Waals surface area contributed by atoms with Crippen molar-refractivity contribution >= 4 is 34.7 Å². The van der Waals surface area contributed by atoms with Crippen LogP contribution in [0, 0.1) is 0 Å². The van der Waals surface area contributed by atoms with Crippen molar-refractivity contribution in [3.8, 4) is 0 Å². The van der Waals surface area contributed by atoms with Gasteiger partial charge in [-0.2, -0.15) is 0 Å². The van der Waals surface area contributed by atoms with Gasteiger partial charge in [-0.05, 0) is 0 Å². The summed E-state index contributed by atoms with van der Waals surface area (Å²) in [6.45, 7) is 0. The Hall–Kier alpha value is -0.610. The van der Waals surface area contributed by atoms with Crippen LogP contribution < -0.4 is 0 Å². The number of carboxylic acid groups (broad SMARTS) is 2. The van der Waals surface area contributed by atoms with Gasteiger partial charge in [-0.1, -0.05) is 0 Å². The van der Waals surface area contributed by atoms with Gasteiger partial charge in [0, 0.05) is 0 Å². The number of aliphatic carboxylic acids is 2. The van der Waals surface area contributed by atoms with E-state index in [1.54, 1.807) is 0 Å². The predicted molar refractivity (Wildman–Crippen MR) is 57.9 cm³/mol. The first kappa shape index (κ1) is 19.4. The number of hydrogen-bond donors (Lipinski definition) is 8. The zero-order valence-electron chi connectivity index (χ0n) is 9.04. The summed E-state index contributed by atoms with van der Waals surface area (Å²) in [7, 11) is -19.2. The van der Waals surface area contributed by atoms with Crippen LogP contribution in [-0.2, 0) is 23.3 Å². The molecule has 0 bridgehead atoms. The molecule has 0 aliphatic carbocycles. The van der Waals surface area contributed by atoms with E-state index in [-0.39, 0.29) is 0 Å². The highest BCUT2D eigenvalue weighted by Crippen LogP contribution is 2.75. The SMILES string of the molecule is O=C(O)C(C(C(=O)O)(P(=O)(O)O)P(=O)(O)O)P(=O)(O)O. The minimum Gasteiger partial charge on any atom is -0.480 e. The summed E-state index contributed by atoms with van der Waals surface area (Å²) in [6.07, 6.45) is 0. The van der Waals surface area contributed by atoms with E-state index in [2.05, 4.69) is 0 Å². The quantitative estimate of drug-likeness (QED) is 0.234. The minimum atomic E-state index is -6.53. The van der Waals surface area contributed by atoms with Crippen LogP contribution in [0.1, 0.15) is 0 Å². The van der Waals surface area contributed by atoms with E-state index in [1.165, 1.54) is 0 Å². The molecule has 13 nitrogen and oxygen atoms in total. The lowest BCUT2D eigenvalue weighted by Gasteiger charge is -2.34. The maximum atomic E-state index is 11.1. The van der Waals surface area contributed by atoms with E-state index < -0.39 is 45.3 Å². The van der Waals surface area contributed by atoms with E-state index in [0.717, 1.165) is 0 Å². The molecule has 8 N–H and O–H groups in total. The molecule has 1 unspecified atom stereocenters. The molecule has 118 valence electrons. The lowest BCUT2D eigenvalue weighted by atomic mass is 10.3.